The molecule has 2 aliphatic rings. The molecule has 0 spiro atoms. The van der Waals surface area contributed by atoms with Crippen LogP contribution in [0.2, 0.25) is 0 Å². The van der Waals surface area contributed by atoms with E-state index < -0.39 is 24.1 Å². The minimum atomic E-state index is -1.16. The second-order valence-electron chi connectivity index (χ2n) is 5.19. The number of likely N-dealkylation sites (tertiary alicyclic amines) is 1. The predicted molar refractivity (Wildman–Crippen MR) is 71.6 cm³/mol. The van der Waals surface area contributed by atoms with Crippen molar-refractivity contribution in [2.45, 2.75) is 18.6 Å². The number of β-amino-alcohol motifs (C(OH)–C–C–N with tert-alkyl or cyclic N) is 1. The molecule has 118 valence electrons. The van der Waals surface area contributed by atoms with E-state index in [-0.39, 0.29) is 25.4 Å². The summed E-state index contributed by atoms with van der Waals surface area (Å²) in [6.07, 6.45) is -0.838. The number of carboxylic acid groups (broad SMARTS) is 1. The predicted octanol–water partition coefficient (Wildman–Crippen LogP) is -2.35. The van der Waals surface area contributed by atoms with Gasteiger partial charge in [-0.05, 0) is 0 Å². The first-order valence-electron chi connectivity index (χ1n) is 6.93. The normalized spacial score (nSPS) is 25.8. The number of rotatable bonds is 3. The molecule has 2 atom stereocenters. The Labute approximate surface area is 121 Å². The van der Waals surface area contributed by atoms with Crippen LogP contribution < -0.4 is 10.6 Å². The molecule has 0 unspecified atom stereocenters. The Morgan fingerprint density at radius 2 is 1.90 bits per heavy atom. The van der Waals surface area contributed by atoms with Gasteiger partial charge in [-0.15, -0.1) is 0 Å². The van der Waals surface area contributed by atoms with Crippen LogP contribution in [0.4, 0.5) is 4.79 Å². The molecular formula is C12H20N4O5. The Balaban J connectivity index is 1.83. The van der Waals surface area contributed by atoms with Gasteiger partial charge in [-0.1, -0.05) is 0 Å². The summed E-state index contributed by atoms with van der Waals surface area (Å²) in [7, 11) is 0. The molecule has 3 amide bonds. The summed E-state index contributed by atoms with van der Waals surface area (Å²) in [5.41, 5.74) is 0. The van der Waals surface area contributed by atoms with Gasteiger partial charge in [0.05, 0.1) is 12.6 Å². The number of aliphatic hydroxyl groups is 1. The van der Waals surface area contributed by atoms with E-state index in [4.69, 9.17) is 5.11 Å². The number of urea groups is 1. The van der Waals surface area contributed by atoms with Crippen LogP contribution in [0, 0.1) is 0 Å². The molecule has 9 heteroatoms. The van der Waals surface area contributed by atoms with E-state index in [0.717, 1.165) is 18.0 Å². The Morgan fingerprint density at radius 1 is 1.24 bits per heavy atom. The van der Waals surface area contributed by atoms with Gasteiger partial charge in [0.1, 0.15) is 6.04 Å². The maximum absolute atomic E-state index is 12.0. The lowest BCUT2D eigenvalue weighted by atomic mass is 10.2. The molecule has 0 saturated carbocycles. The van der Waals surface area contributed by atoms with Crippen LogP contribution in [0.1, 0.15) is 6.42 Å². The molecule has 0 aromatic rings. The molecule has 2 aliphatic heterocycles. The second-order valence-corrected chi connectivity index (χ2v) is 5.19. The van der Waals surface area contributed by atoms with E-state index >= 15 is 0 Å². The molecule has 0 radical (unpaired) electrons. The van der Waals surface area contributed by atoms with Crippen molar-refractivity contribution < 1.29 is 24.6 Å². The monoisotopic (exact) mass is 300 g/mol. The van der Waals surface area contributed by atoms with Crippen LogP contribution in [0.3, 0.4) is 0 Å². The molecule has 2 heterocycles. The highest BCUT2D eigenvalue weighted by Gasteiger charge is 2.39. The standard InChI is InChI=1S/C12H20N4O5/c17-8-5-9(11(19)20)16(7-8)12(21)14-6-10(18)15-3-1-13-2-4-15/h8-9,13,17H,1-7H2,(H,14,21)(H,19,20)/t8-,9-/m1/s1. The molecule has 0 bridgehead atoms. The summed E-state index contributed by atoms with van der Waals surface area (Å²) in [5.74, 6) is -1.35. The highest BCUT2D eigenvalue weighted by Crippen LogP contribution is 2.17. The number of aliphatic hydroxyl groups excluding tert-OH is 1. The maximum atomic E-state index is 12.0. The number of nitrogens with zero attached hydrogens (tertiary/aromatic N) is 2. The summed E-state index contributed by atoms with van der Waals surface area (Å²) in [4.78, 5) is 37.6. The number of hydrogen-bond donors (Lipinski definition) is 4. The first-order chi connectivity index (χ1) is 9.99. The first kappa shape index (κ1) is 15.5. The van der Waals surface area contributed by atoms with Gasteiger partial charge in [0, 0.05) is 39.1 Å². The first-order valence-corrected chi connectivity index (χ1v) is 6.93. The summed E-state index contributed by atoms with van der Waals surface area (Å²) >= 11 is 0. The van der Waals surface area contributed by atoms with Crippen molar-refractivity contribution in [3.05, 3.63) is 0 Å². The number of hydrogen-bond acceptors (Lipinski definition) is 5. The minimum absolute atomic E-state index is 0.00843. The van der Waals surface area contributed by atoms with Crippen LogP contribution in [-0.2, 0) is 9.59 Å². The third kappa shape index (κ3) is 3.82. The van der Waals surface area contributed by atoms with Crippen molar-refractivity contribution in [3.63, 3.8) is 0 Å². The molecule has 0 aliphatic carbocycles. The smallest absolute Gasteiger partial charge is 0.326 e. The lowest BCUT2D eigenvalue weighted by Crippen LogP contribution is -2.52. The van der Waals surface area contributed by atoms with Crippen molar-refractivity contribution in [1.29, 1.82) is 0 Å². The average molecular weight is 300 g/mol. The zero-order valence-electron chi connectivity index (χ0n) is 11.6. The van der Waals surface area contributed by atoms with Crippen molar-refractivity contribution in [1.82, 2.24) is 20.4 Å². The maximum Gasteiger partial charge on any atom is 0.326 e. The van der Waals surface area contributed by atoms with Crippen molar-refractivity contribution in [2.24, 2.45) is 0 Å². The molecule has 0 aromatic heterocycles. The van der Waals surface area contributed by atoms with E-state index in [9.17, 15) is 19.5 Å². The zero-order valence-corrected chi connectivity index (χ0v) is 11.6. The van der Waals surface area contributed by atoms with Gasteiger partial charge in [-0.2, -0.15) is 0 Å². The van der Waals surface area contributed by atoms with E-state index in [1.54, 1.807) is 4.90 Å². The van der Waals surface area contributed by atoms with Crippen molar-refractivity contribution >= 4 is 17.9 Å². The van der Waals surface area contributed by atoms with Crippen molar-refractivity contribution in [2.75, 3.05) is 39.3 Å². The van der Waals surface area contributed by atoms with E-state index in [0.29, 0.717) is 13.1 Å². The average Bonchev–Trinajstić information content (AvgIpc) is 2.87. The highest BCUT2D eigenvalue weighted by molar-refractivity contribution is 5.87. The molecule has 21 heavy (non-hydrogen) atoms. The quantitative estimate of drug-likeness (QED) is 0.463. The number of nitrogens with one attached hydrogen (secondary N) is 2. The number of carbonyl (C=O) groups excluding carboxylic acids is 2. The lowest BCUT2D eigenvalue weighted by molar-refractivity contribution is -0.141. The van der Waals surface area contributed by atoms with E-state index in [2.05, 4.69) is 10.6 Å². The molecular weight excluding hydrogens is 280 g/mol. The van der Waals surface area contributed by atoms with Crippen LogP contribution in [0.25, 0.3) is 0 Å². The number of carboxylic acids is 1. The molecule has 2 saturated heterocycles. The third-order valence-corrected chi connectivity index (χ3v) is 3.69. The van der Waals surface area contributed by atoms with Gasteiger partial charge in [0.2, 0.25) is 5.91 Å². The Morgan fingerprint density at radius 3 is 2.52 bits per heavy atom. The molecule has 4 N–H and O–H groups in total. The fourth-order valence-electron chi connectivity index (χ4n) is 2.55. The molecule has 2 rings (SSSR count). The third-order valence-electron chi connectivity index (χ3n) is 3.69. The van der Waals surface area contributed by atoms with Gasteiger partial charge >= 0.3 is 12.0 Å². The summed E-state index contributed by atoms with van der Waals surface area (Å²) in [6, 6.07) is -1.68. The fourth-order valence-corrected chi connectivity index (χ4v) is 2.55. The van der Waals surface area contributed by atoms with Gasteiger partial charge < -0.3 is 30.6 Å². The van der Waals surface area contributed by atoms with Crippen LogP contribution in [-0.4, -0.2) is 89.3 Å². The van der Waals surface area contributed by atoms with Crippen LogP contribution in [0.15, 0.2) is 0 Å². The largest absolute Gasteiger partial charge is 0.480 e. The van der Waals surface area contributed by atoms with E-state index in [1.807, 2.05) is 0 Å². The zero-order chi connectivity index (χ0) is 15.4. The summed E-state index contributed by atoms with van der Waals surface area (Å²) in [5, 5.41) is 24.0. The lowest BCUT2D eigenvalue weighted by Gasteiger charge is -2.28. The van der Waals surface area contributed by atoms with E-state index in [1.165, 1.54) is 0 Å². The molecule has 9 nitrogen and oxygen atoms in total. The van der Waals surface area contributed by atoms with Crippen LogP contribution in [0.5, 0.6) is 0 Å². The molecule has 0 aromatic carbocycles. The van der Waals surface area contributed by atoms with Gasteiger partial charge in [0.25, 0.3) is 0 Å². The Kier molecular flexibility index (Phi) is 4.97. The summed E-state index contributed by atoms with van der Waals surface area (Å²) < 4.78 is 0. The minimum Gasteiger partial charge on any atom is -0.480 e. The Hall–Kier alpha value is -1.87. The van der Waals surface area contributed by atoms with Gasteiger partial charge in [0.15, 0.2) is 0 Å². The number of piperazine rings is 1. The topological polar surface area (TPSA) is 122 Å². The molecule has 2 fully saturated rings. The Bertz CT molecular complexity index is 424. The number of carbonyl (C=O) groups is 3. The fraction of sp³-hybridized carbons (Fsp3) is 0.750. The van der Waals surface area contributed by atoms with Gasteiger partial charge in [-0.25, -0.2) is 9.59 Å². The number of aliphatic carboxylic acids is 1. The van der Waals surface area contributed by atoms with Gasteiger partial charge in [-0.3, -0.25) is 4.79 Å². The van der Waals surface area contributed by atoms with Crippen LogP contribution >= 0.6 is 0 Å². The summed E-state index contributed by atoms with van der Waals surface area (Å²) in [6.45, 7) is 2.42. The van der Waals surface area contributed by atoms with Crippen molar-refractivity contribution in [3.8, 4) is 0 Å². The SMILES string of the molecule is O=C(O)[C@H]1C[C@@H](O)CN1C(=O)NCC(=O)N1CCNCC1. The number of amides is 3. The second kappa shape index (κ2) is 6.72. The highest BCUT2D eigenvalue weighted by atomic mass is 16.4.